The van der Waals surface area contributed by atoms with Crippen LogP contribution in [-0.4, -0.2) is 43.6 Å². The number of fused-ring (bicyclic) bond motifs is 3. The van der Waals surface area contributed by atoms with Gasteiger partial charge in [-0.1, -0.05) is 0 Å². The molecule has 25 heavy (non-hydrogen) atoms. The number of carbonyl (C=O) groups is 1. The number of anilines is 2. The average Bonchev–Trinajstić information content (AvgIpc) is 2.88. The third kappa shape index (κ3) is 3.14. The van der Waals surface area contributed by atoms with Crippen molar-refractivity contribution in [2.75, 3.05) is 36.9 Å². The quantitative estimate of drug-likeness (QED) is 0.617. The molecule has 5 nitrogen and oxygen atoms in total. The number of hydrogen-bond acceptors (Lipinski definition) is 4. The Morgan fingerprint density at radius 1 is 1.28 bits per heavy atom. The summed E-state index contributed by atoms with van der Waals surface area (Å²) in [4.78, 5) is 16.6. The van der Waals surface area contributed by atoms with Crippen molar-refractivity contribution in [2.24, 2.45) is 5.92 Å². The van der Waals surface area contributed by atoms with Gasteiger partial charge in [0.05, 0.1) is 18.0 Å². The van der Waals surface area contributed by atoms with Gasteiger partial charge >= 0.3 is 0 Å². The van der Waals surface area contributed by atoms with E-state index in [0.717, 1.165) is 72.3 Å². The highest BCUT2D eigenvalue weighted by Gasteiger charge is 2.37. The van der Waals surface area contributed by atoms with Crippen LogP contribution in [0.3, 0.4) is 0 Å². The first kappa shape index (κ1) is 17.2. The van der Waals surface area contributed by atoms with Gasteiger partial charge in [0, 0.05) is 29.2 Å². The highest BCUT2D eigenvalue weighted by molar-refractivity contribution is 9.10. The van der Waals surface area contributed by atoms with Crippen molar-refractivity contribution in [1.82, 2.24) is 4.90 Å². The van der Waals surface area contributed by atoms with Crippen molar-refractivity contribution < 1.29 is 9.53 Å². The molecule has 0 radical (unpaired) electrons. The third-order valence-electron chi connectivity index (χ3n) is 6.00. The summed E-state index contributed by atoms with van der Waals surface area (Å²) in [6.45, 7) is 4.07. The molecule has 0 aromatic heterocycles. The second-order valence-electron chi connectivity index (χ2n) is 7.48. The fourth-order valence-electron chi connectivity index (χ4n) is 4.70. The lowest BCUT2D eigenvalue weighted by Crippen LogP contribution is -2.53. The summed E-state index contributed by atoms with van der Waals surface area (Å²) < 4.78 is 6.94. The molecule has 2 N–H and O–H groups in total. The molecule has 4 rings (SSSR count). The molecule has 136 valence electrons. The molecule has 3 unspecified atom stereocenters. The molecule has 0 saturated carbocycles. The number of nitrogens with zero attached hydrogens (tertiary/aromatic N) is 2. The largest absolute Gasteiger partial charge is 0.491 e. The number of amides is 1. The number of rotatable bonds is 3. The van der Waals surface area contributed by atoms with E-state index in [1.807, 2.05) is 11.0 Å². The number of benzene rings is 1. The van der Waals surface area contributed by atoms with Gasteiger partial charge in [0.15, 0.2) is 0 Å². The summed E-state index contributed by atoms with van der Waals surface area (Å²) in [5.41, 5.74) is 8.99. The lowest BCUT2D eigenvalue weighted by molar-refractivity contribution is -0.108. The molecular weight excluding hydrogens is 382 g/mol. The average molecular weight is 408 g/mol. The van der Waals surface area contributed by atoms with Crippen molar-refractivity contribution in [3.05, 3.63) is 16.1 Å². The number of piperidine rings is 2. The molecule has 2 bridgehead atoms. The Bertz CT molecular complexity index is 667. The maximum Gasteiger partial charge on any atom is 0.214 e. The van der Waals surface area contributed by atoms with Crippen molar-refractivity contribution in [3.8, 4) is 5.75 Å². The van der Waals surface area contributed by atoms with E-state index in [1.54, 1.807) is 0 Å². The Kier molecular flexibility index (Phi) is 4.91. The maximum atomic E-state index is 12.1. The number of ether oxygens (including phenoxy) is 1. The Morgan fingerprint density at radius 2 is 2.16 bits per heavy atom. The van der Waals surface area contributed by atoms with Gasteiger partial charge in [0.1, 0.15) is 5.75 Å². The molecule has 3 heterocycles. The zero-order valence-electron chi connectivity index (χ0n) is 14.5. The number of nitrogen functional groups attached to an aromatic ring is 1. The van der Waals surface area contributed by atoms with Gasteiger partial charge in [-0.15, -0.1) is 0 Å². The second kappa shape index (κ2) is 7.16. The van der Waals surface area contributed by atoms with Crippen LogP contribution in [-0.2, 0) is 11.2 Å². The molecule has 2 fully saturated rings. The molecule has 3 aliphatic rings. The van der Waals surface area contributed by atoms with E-state index < -0.39 is 0 Å². The van der Waals surface area contributed by atoms with Crippen LogP contribution < -0.4 is 15.4 Å². The van der Waals surface area contributed by atoms with E-state index in [-0.39, 0.29) is 6.04 Å². The highest BCUT2D eigenvalue weighted by Crippen LogP contribution is 2.44. The van der Waals surface area contributed by atoms with Crippen LogP contribution in [0, 0.1) is 5.92 Å². The topological polar surface area (TPSA) is 58.8 Å². The van der Waals surface area contributed by atoms with Crippen molar-refractivity contribution >= 4 is 33.7 Å². The first-order valence-electron chi connectivity index (χ1n) is 9.38. The van der Waals surface area contributed by atoms with E-state index in [0.29, 0.717) is 12.5 Å². The van der Waals surface area contributed by atoms with Gasteiger partial charge in [-0.3, -0.25) is 4.79 Å². The summed E-state index contributed by atoms with van der Waals surface area (Å²) in [6, 6.07) is 2.23. The summed E-state index contributed by atoms with van der Waals surface area (Å²) in [5, 5.41) is 0. The minimum atomic E-state index is 0.250. The molecule has 1 amide bonds. The normalized spacial score (nSPS) is 28.4. The fourth-order valence-corrected chi connectivity index (χ4v) is 5.16. The second-order valence-corrected chi connectivity index (χ2v) is 8.33. The van der Waals surface area contributed by atoms with Crippen molar-refractivity contribution in [2.45, 2.75) is 44.6 Å². The number of hydrogen-bond donors (Lipinski definition) is 1. The van der Waals surface area contributed by atoms with Crippen LogP contribution in [0.4, 0.5) is 11.4 Å². The van der Waals surface area contributed by atoms with E-state index in [2.05, 4.69) is 20.8 Å². The van der Waals surface area contributed by atoms with Gasteiger partial charge in [-0.25, -0.2) is 0 Å². The Balaban J connectivity index is 1.74. The summed E-state index contributed by atoms with van der Waals surface area (Å²) in [5.74, 6) is 1.37. The fraction of sp³-hybridized carbons (Fsp3) is 0.632. The molecular formula is C19H26BrN3O2. The van der Waals surface area contributed by atoms with E-state index >= 15 is 0 Å². The molecule has 1 aromatic carbocycles. The molecule has 3 aliphatic heterocycles. The predicted octanol–water partition coefficient (Wildman–Crippen LogP) is 3.19. The summed E-state index contributed by atoms with van der Waals surface area (Å²) >= 11 is 3.59. The molecule has 3 atom stereocenters. The number of carbonyl (C=O) groups excluding carboxylic acids is 1. The van der Waals surface area contributed by atoms with E-state index in [9.17, 15) is 4.79 Å². The highest BCUT2D eigenvalue weighted by atomic mass is 79.9. The maximum absolute atomic E-state index is 12.1. The summed E-state index contributed by atoms with van der Waals surface area (Å²) in [7, 11) is 0. The van der Waals surface area contributed by atoms with E-state index in [4.69, 9.17) is 10.5 Å². The van der Waals surface area contributed by atoms with Crippen molar-refractivity contribution in [1.29, 1.82) is 0 Å². The molecule has 2 saturated heterocycles. The number of nitrogens with two attached hydrogens (primary N) is 1. The lowest BCUT2D eigenvalue weighted by Gasteiger charge is -2.46. The summed E-state index contributed by atoms with van der Waals surface area (Å²) in [6.07, 6.45) is 7.45. The monoisotopic (exact) mass is 407 g/mol. The van der Waals surface area contributed by atoms with Crippen LogP contribution in [0.1, 0.15) is 37.7 Å². The Labute approximate surface area is 157 Å². The van der Waals surface area contributed by atoms with E-state index in [1.165, 1.54) is 19.4 Å². The predicted molar refractivity (Wildman–Crippen MR) is 103 cm³/mol. The van der Waals surface area contributed by atoms with Gasteiger partial charge in [-0.05, 0) is 73.0 Å². The van der Waals surface area contributed by atoms with Gasteiger partial charge in [0.25, 0.3) is 0 Å². The molecule has 0 aliphatic carbocycles. The number of halogens is 1. The minimum Gasteiger partial charge on any atom is -0.491 e. The van der Waals surface area contributed by atoms with Crippen molar-refractivity contribution in [3.63, 3.8) is 0 Å². The van der Waals surface area contributed by atoms with Gasteiger partial charge in [-0.2, -0.15) is 0 Å². The standard InChI is InChI=1S/C19H26BrN3O2/c20-15-10-17(19-14(18(15)21)5-1-2-9-25-19)23(12-24)16-6-8-22-7-3-4-13(16)11-22/h10,12-13,16H,1-9,11,21H2. The van der Waals surface area contributed by atoms with Gasteiger partial charge in [0.2, 0.25) is 6.41 Å². The Hall–Kier alpha value is -1.27. The van der Waals surface area contributed by atoms with Crippen LogP contribution in [0.5, 0.6) is 5.75 Å². The molecule has 6 heteroatoms. The SMILES string of the molecule is Nc1c(Br)cc(N(C=O)C2CCN3CCCC2C3)c2c1CCCCO2. The zero-order valence-corrected chi connectivity index (χ0v) is 16.1. The van der Waals surface area contributed by atoms with Crippen LogP contribution >= 0.6 is 15.9 Å². The lowest BCUT2D eigenvalue weighted by atomic mass is 9.84. The minimum absolute atomic E-state index is 0.250. The first-order chi connectivity index (χ1) is 12.2. The first-order valence-corrected chi connectivity index (χ1v) is 10.2. The molecule has 0 spiro atoms. The third-order valence-corrected chi connectivity index (χ3v) is 6.65. The van der Waals surface area contributed by atoms with Gasteiger partial charge < -0.3 is 20.3 Å². The smallest absolute Gasteiger partial charge is 0.214 e. The molecule has 1 aromatic rings. The zero-order chi connectivity index (χ0) is 17.4. The van der Waals surface area contributed by atoms with Crippen LogP contribution in [0.25, 0.3) is 0 Å². The van der Waals surface area contributed by atoms with Crippen LogP contribution in [0.2, 0.25) is 0 Å². The van der Waals surface area contributed by atoms with Crippen LogP contribution in [0.15, 0.2) is 10.5 Å². The Morgan fingerprint density at radius 3 is 3.00 bits per heavy atom.